The largest absolute Gasteiger partial charge is 0.505 e. The molecule has 0 heterocycles. The summed E-state index contributed by atoms with van der Waals surface area (Å²) >= 11 is 0. The van der Waals surface area contributed by atoms with Gasteiger partial charge in [-0.25, -0.2) is 14.4 Å². The van der Waals surface area contributed by atoms with Gasteiger partial charge in [0, 0.05) is 22.1 Å². The third-order valence-corrected chi connectivity index (χ3v) is 10.3. The standard InChI is InChI=1S/C37H28N6O13S2/c1-17-11-19(35(46)47)3-9-27(17)40-42-31-29(57(51,52)53)15-21-13-23(5-7-25(21)33(31)44)38-37(50)39-24-6-8-26-22(14-24)16-30(58(54,55)56)32(34(26)45)43-41-28-10-4-20(36(48)49)12-18(28)2/h3-16,44-45H,1-2H3,(H,46,47)(H,48,49)(H2,38,39,50)(H,51,52,53)(H,54,55,56). The van der Waals surface area contributed by atoms with Crippen molar-refractivity contribution in [2.24, 2.45) is 20.5 Å². The van der Waals surface area contributed by atoms with Gasteiger partial charge in [-0.05, 0) is 121 Å². The number of fused-ring (bicyclic) bond motifs is 2. The van der Waals surface area contributed by atoms with Crippen LogP contribution in [0.25, 0.3) is 21.5 Å². The molecule has 0 spiro atoms. The number of hydrogen-bond donors (Lipinski definition) is 8. The Hall–Kier alpha value is -7.33. The lowest BCUT2D eigenvalue weighted by atomic mass is 10.1. The molecule has 6 aromatic rings. The summed E-state index contributed by atoms with van der Waals surface area (Å²) in [5.74, 6) is -3.71. The highest BCUT2D eigenvalue weighted by Crippen LogP contribution is 2.44. The Morgan fingerprint density at radius 1 is 0.534 bits per heavy atom. The van der Waals surface area contributed by atoms with Crippen molar-refractivity contribution in [3.63, 3.8) is 0 Å². The van der Waals surface area contributed by atoms with E-state index in [9.17, 15) is 60.8 Å². The molecule has 0 unspecified atom stereocenters. The summed E-state index contributed by atoms with van der Waals surface area (Å²) in [4.78, 5) is 33.9. The minimum Gasteiger partial charge on any atom is -0.505 e. The number of rotatable bonds is 10. The topological polar surface area (TPSA) is 314 Å². The van der Waals surface area contributed by atoms with Gasteiger partial charge in [0.25, 0.3) is 20.2 Å². The first-order valence-corrected chi connectivity index (χ1v) is 19.2. The Kier molecular flexibility index (Phi) is 10.6. The molecule has 0 saturated heterocycles. The third-order valence-electron chi connectivity index (χ3n) is 8.58. The van der Waals surface area contributed by atoms with Crippen LogP contribution in [0.4, 0.5) is 38.9 Å². The number of hydrogen-bond acceptors (Lipinski definition) is 13. The minimum atomic E-state index is -5.01. The number of carbonyl (C=O) groups excluding carboxylic acids is 1. The normalized spacial score (nSPS) is 12.1. The van der Waals surface area contributed by atoms with Crippen molar-refractivity contribution < 1.29 is 60.8 Å². The van der Waals surface area contributed by atoms with Gasteiger partial charge in [0.2, 0.25) is 0 Å². The molecule has 0 fully saturated rings. The first kappa shape index (κ1) is 40.3. The fourth-order valence-corrected chi connectivity index (χ4v) is 7.06. The summed E-state index contributed by atoms with van der Waals surface area (Å²) < 4.78 is 69.4. The van der Waals surface area contributed by atoms with Crippen LogP contribution in [-0.4, -0.2) is 64.3 Å². The van der Waals surface area contributed by atoms with Crippen LogP contribution in [0, 0.1) is 13.8 Å². The molecule has 2 amide bonds. The van der Waals surface area contributed by atoms with Gasteiger partial charge in [0.15, 0.2) is 11.5 Å². The molecule has 21 heteroatoms. The first-order chi connectivity index (χ1) is 27.2. The van der Waals surface area contributed by atoms with E-state index >= 15 is 0 Å². The van der Waals surface area contributed by atoms with Gasteiger partial charge in [0.1, 0.15) is 21.2 Å². The van der Waals surface area contributed by atoms with E-state index in [2.05, 4.69) is 31.1 Å². The third kappa shape index (κ3) is 8.41. The number of phenolic OH excluding ortho intramolecular Hbond substituents is 2. The molecule has 0 saturated carbocycles. The van der Waals surface area contributed by atoms with Crippen LogP contribution in [0.1, 0.15) is 31.8 Å². The number of nitrogens with zero attached hydrogens (tertiary/aromatic N) is 4. The average molecular weight is 829 g/mol. The predicted molar refractivity (Wildman–Crippen MR) is 208 cm³/mol. The number of carboxylic acids is 2. The molecule has 296 valence electrons. The first-order valence-electron chi connectivity index (χ1n) is 16.3. The lowest BCUT2D eigenvalue weighted by Gasteiger charge is -2.13. The maximum absolute atomic E-state index is 13.0. The van der Waals surface area contributed by atoms with Crippen molar-refractivity contribution in [1.82, 2.24) is 0 Å². The summed E-state index contributed by atoms with van der Waals surface area (Å²) in [5, 5.41) is 61.3. The van der Waals surface area contributed by atoms with Crippen LogP contribution in [0.2, 0.25) is 0 Å². The molecule has 0 aromatic heterocycles. The van der Waals surface area contributed by atoms with Crippen LogP contribution in [0.5, 0.6) is 11.5 Å². The fraction of sp³-hybridized carbons (Fsp3) is 0.0541. The molecule has 0 atom stereocenters. The van der Waals surface area contributed by atoms with E-state index < -0.39 is 70.9 Å². The molecule has 6 rings (SSSR count). The molecular weight excluding hydrogens is 801 g/mol. The van der Waals surface area contributed by atoms with E-state index in [4.69, 9.17) is 0 Å². The summed E-state index contributed by atoms with van der Waals surface area (Å²) in [7, 11) is -10.0. The van der Waals surface area contributed by atoms with Gasteiger partial charge in [0.05, 0.1) is 22.5 Å². The van der Waals surface area contributed by atoms with Crippen molar-refractivity contribution in [3.8, 4) is 11.5 Å². The Bertz CT molecular complexity index is 2840. The molecule has 0 aliphatic heterocycles. The molecule has 0 aliphatic rings. The van der Waals surface area contributed by atoms with E-state index in [-0.39, 0.29) is 55.4 Å². The summed E-state index contributed by atoms with van der Waals surface area (Å²) in [6.07, 6.45) is 0. The quantitative estimate of drug-likeness (QED) is 0.0475. The number of aromatic carboxylic acids is 2. The van der Waals surface area contributed by atoms with Gasteiger partial charge in [-0.1, -0.05) is 0 Å². The molecular formula is C37H28N6O13S2. The Morgan fingerprint density at radius 2 is 0.914 bits per heavy atom. The predicted octanol–water partition coefficient (Wildman–Crippen LogP) is 8.39. The van der Waals surface area contributed by atoms with Gasteiger partial charge in [-0.2, -0.15) is 27.1 Å². The number of carboxylic acid groups (broad SMARTS) is 2. The molecule has 0 radical (unpaired) electrons. The summed E-state index contributed by atoms with van der Waals surface area (Å²) in [5.41, 5.74) is -0.0140. The van der Waals surface area contributed by atoms with Crippen molar-refractivity contribution in [3.05, 3.63) is 107 Å². The average Bonchev–Trinajstić information content (AvgIpc) is 3.13. The van der Waals surface area contributed by atoms with E-state index in [1.54, 1.807) is 13.8 Å². The highest BCUT2D eigenvalue weighted by Gasteiger charge is 2.24. The zero-order chi connectivity index (χ0) is 42.3. The van der Waals surface area contributed by atoms with Crippen LogP contribution in [-0.2, 0) is 20.2 Å². The zero-order valence-electron chi connectivity index (χ0n) is 29.7. The molecule has 0 bridgehead atoms. The highest BCUT2D eigenvalue weighted by molar-refractivity contribution is 7.86. The Labute approximate surface area is 327 Å². The summed E-state index contributed by atoms with van der Waals surface area (Å²) in [6, 6.07) is 16.9. The number of aromatic hydroxyl groups is 2. The van der Waals surface area contributed by atoms with Crippen LogP contribution in [0.15, 0.2) is 115 Å². The number of nitrogens with one attached hydrogen (secondary N) is 2. The SMILES string of the molecule is Cc1cc(C(=O)O)ccc1N=Nc1c(S(=O)(=O)O)cc2cc(NC(=O)Nc3ccc4c(O)c(N=Nc5ccc(C(=O)O)cc5C)c(S(=O)(=O)O)cc4c3)ccc2c1O. The van der Waals surface area contributed by atoms with Crippen molar-refractivity contribution in [2.45, 2.75) is 23.6 Å². The Balaban J connectivity index is 1.27. The minimum absolute atomic E-state index is 0.0240. The van der Waals surface area contributed by atoms with Crippen molar-refractivity contribution >= 4 is 93.9 Å². The van der Waals surface area contributed by atoms with Gasteiger partial charge in [-0.3, -0.25) is 9.11 Å². The smallest absolute Gasteiger partial charge is 0.335 e. The molecule has 19 nitrogen and oxygen atoms in total. The maximum atomic E-state index is 13.0. The lowest BCUT2D eigenvalue weighted by molar-refractivity contribution is 0.0686. The molecule has 0 aliphatic carbocycles. The van der Waals surface area contributed by atoms with E-state index in [1.165, 1.54) is 72.8 Å². The Morgan fingerprint density at radius 3 is 1.24 bits per heavy atom. The number of urea groups is 1. The van der Waals surface area contributed by atoms with Gasteiger partial charge < -0.3 is 31.1 Å². The van der Waals surface area contributed by atoms with Crippen molar-refractivity contribution in [2.75, 3.05) is 10.6 Å². The lowest BCUT2D eigenvalue weighted by Crippen LogP contribution is -2.19. The van der Waals surface area contributed by atoms with E-state index in [1.807, 2.05) is 0 Å². The number of aryl methyl sites for hydroxylation is 2. The highest BCUT2D eigenvalue weighted by atomic mass is 32.2. The number of azo groups is 2. The number of phenols is 2. The molecule has 6 aromatic carbocycles. The number of amides is 2. The maximum Gasteiger partial charge on any atom is 0.335 e. The second kappa shape index (κ2) is 15.3. The van der Waals surface area contributed by atoms with Crippen LogP contribution < -0.4 is 10.6 Å². The van der Waals surface area contributed by atoms with Crippen LogP contribution in [0.3, 0.4) is 0 Å². The van der Waals surface area contributed by atoms with E-state index in [0.717, 1.165) is 12.1 Å². The summed E-state index contributed by atoms with van der Waals surface area (Å²) in [6.45, 7) is 3.09. The van der Waals surface area contributed by atoms with Gasteiger partial charge >= 0.3 is 18.0 Å². The van der Waals surface area contributed by atoms with Crippen LogP contribution >= 0.6 is 0 Å². The van der Waals surface area contributed by atoms with E-state index in [0.29, 0.717) is 11.1 Å². The molecule has 8 N–H and O–H groups in total. The fourth-order valence-electron chi connectivity index (χ4n) is 5.75. The second-order valence-corrected chi connectivity index (χ2v) is 15.3. The number of anilines is 2. The van der Waals surface area contributed by atoms with Gasteiger partial charge in [-0.15, -0.1) is 10.2 Å². The number of benzene rings is 6. The van der Waals surface area contributed by atoms with Crippen molar-refractivity contribution in [1.29, 1.82) is 0 Å². The molecule has 58 heavy (non-hydrogen) atoms. The second-order valence-electron chi connectivity index (χ2n) is 12.6. The number of carbonyl (C=O) groups is 3. The monoisotopic (exact) mass is 828 g/mol. The zero-order valence-corrected chi connectivity index (χ0v) is 31.4.